The Kier molecular flexibility index (Phi) is 4.06. The number of hydrogen-bond acceptors (Lipinski definition) is 1. The van der Waals surface area contributed by atoms with Crippen LogP contribution in [0.5, 0.6) is 5.75 Å². The second-order valence-electron chi connectivity index (χ2n) is 3.54. The largest absolute Gasteiger partial charge is 0.435 e. The van der Waals surface area contributed by atoms with Crippen LogP contribution in [0.4, 0.5) is 8.78 Å². The summed E-state index contributed by atoms with van der Waals surface area (Å²) in [4.78, 5) is 0. The van der Waals surface area contributed by atoms with E-state index >= 15 is 0 Å². The molecule has 1 nitrogen and oxygen atoms in total. The first-order chi connectivity index (χ1) is 7.02. The van der Waals surface area contributed by atoms with Crippen molar-refractivity contribution >= 4 is 0 Å². The summed E-state index contributed by atoms with van der Waals surface area (Å²) in [5.74, 6) is 0.284. The first-order valence-corrected chi connectivity index (χ1v) is 4.94. The summed E-state index contributed by atoms with van der Waals surface area (Å²) in [6, 6.07) is 5.22. The number of alkyl halides is 2. The number of benzene rings is 1. The predicted octanol–water partition coefficient (Wildman–Crippen LogP) is 3.79. The summed E-state index contributed by atoms with van der Waals surface area (Å²) in [5.41, 5.74) is 1.91. The first kappa shape index (κ1) is 12.0. The highest BCUT2D eigenvalue weighted by atomic mass is 19.3. The minimum absolute atomic E-state index is 0.0662. The van der Waals surface area contributed by atoms with Crippen LogP contribution in [-0.4, -0.2) is 6.61 Å². The summed E-state index contributed by atoms with van der Waals surface area (Å²) >= 11 is 0. The Labute approximate surface area is 89.1 Å². The fraction of sp³-hybridized carbons (Fsp3) is 0.417. The van der Waals surface area contributed by atoms with Crippen LogP contribution in [0.3, 0.4) is 0 Å². The van der Waals surface area contributed by atoms with E-state index in [4.69, 9.17) is 0 Å². The lowest BCUT2D eigenvalue weighted by Gasteiger charge is -2.11. The van der Waals surface area contributed by atoms with Crippen LogP contribution in [-0.2, 0) is 6.42 Å². The van der Waals surface area contributed by atoms with Gasteiger partial charge in [-0.15, -0.1) is 0 Å². The zero-order valence-corrected chi connectivity index (χ0v) is 8.97. The SMILES string of the molecule is [CH2]C(C)c1cc(CC)cc(OC(F)F)c1. The van der Waals surface area contributed by atoms with Crippen molar-refractivity contribution in [2.45, 2.75) is 32.8 Å². The summed E-state index contributed by atoms with van der Waals surface area (Å²) in [6.07, 6.45) is 0.792. The number of hydrogen-bond donors (Lipinski definition) is 0. The van der Waals surface area contributed by atoms with Gasteiger partial charge < -0.3 is 4.74 Å². The predicted molar refractivity (Wildman–Crippen MR) is 56.2 cm³/mol. The van der Waals surface area contributed by atoms with E-state index in [0.717, 1.165) is 17.5 Å². The molecule has 0 fully saturated rings. The normalized spacial score (nSPS) is 11.1. The van der Waals surface area contributed by atoms with Crippen LogP contribution < -0.4 is 4.74 Å². The van der Waals surface area contributed by atoms with Crippen molar-refractivity contribution in [2.75, 3.05) is 0 Å². The number of aryl methyl sites for hydroxylation is 1. The summed E-state index contributed by atoms with van der Waals surface area (Å²) in [6.45, 7) is 4.98. The number of rotatable bonds is 4. The van der Waals surface area contributed by atoms with Gasteiger partial charge in [-0.3, -0.25) is 0 Å². The molecule has 0 saturated heterocycles. The highest BCUT2D eigenvalue weighted by molar-refractivity contribution is 5.36. The molecule has 0 aliphatic carbocycles. The molecule has 0 aliphatic rings. The fourth-order valence-corrected chi connectivity index (χ4v) is 1.35. The van der Waals surface area contributed by atoms with E-state index in [1.54, 1.807) is 12.1 Å². The Morgan fingerprint density at radius 1 is 1.33 bits per heavy atom. The molecule has 0 N–H and O–H groups in total. The van der Waals surface area contributed by atoms with Crippen molar-refractivity contribution < 1.29 is 13.5 Å². The van der Waals surface area contributed by atoms with Gasteiger partial charge in [-0.05, 0) is 42.5 Å². The zero-order valence-electron chi connectivity index (χ0n) is 8.97. The molecule has 0 heterocycles. The van der Waals surface area contributed by atoms with Crippen LogP contribution in [0.2, 0.25) is 0 Å². The standard InChI is InChI=1S/C12H15F2O/c1-4-9-5-10(8(2)3)7-11(6-9)15-12(13)14/h5-8,12H,2,4H2,1,3H3. The zero-order chi connectivity index (χ0) is 11.4. The summed E-state index contributed by atoms with van der Waals surface area (Å²) in [5, 5.41) is 0. The molecule has 1 radical (unpaired) electrons. The topological polar surface area (TPSA) is 9.23 Å². The molecule has 83 valence electrons. The Bertz CT molecular complexity index is 321. The Hall–Kier alpha value is -1.12. The molecule has 1 aromatic rings. The highest BCUT2D eigenvalue weighted by Gasteiger charge is 2.08. The average molecular weight is 213 g/mol. The van der Waals surface area contributed by atoms with E-state index in [1.165, 1.54) is 0 Å². The van der Waals surface area contributed by atoms with Gasteiger partial charge in [-0.2, -0.15) is 8.78 Å². The van der Waals surface area contributed by atoms with Crippen molar-refractivity contribution in [3.63, 3.8) is 0 Å². The second-order valence-corrected chi connectivity index (χ2v) is 3.54. The third-order valence-electron chi connectivity index (χ3n) is 2.19. The molecule has 3 heteroatoms. The maximum Gasteiger partial charge on any atom is 0.387 e. The van der Waals surface area contributed by atoms with Gasteiger partial charge in [0.05, 0.1) is 0 Å². The van der Waals surface area contributed by atoms with Crippen LogP contribution >= 0.6 is 0 Å². The van der Waals surface area contributed by atoms with Crippen molar-refractivity contribution in [1.29, 1.82) is 0 Å². The molecule has 0 aromatic heterocycles. The van der Waals surface area contributed by atoms with Gasteiger partial charge in [0.2, 0.25) is 0 Å². The molecule has 0 amide bonds. The van der Waals surface area contributed by atoms with Crippen LogP contribution in [0.1, 0.15) is 30.9 Å². The van der Waals surface area contributed by atoms with Gasteiger partial charge in [0.1, 0.15) is 5.75 Å². The van der Waals surface area contributed by atoms with E-state index in [2.05, 4.69) is 11.7 Å². The molecule has 1 atom stereocenters. The van der Waals surface area contributed by atoms with Gasteiger partial charge in [-0.1, -0.05) is 19.9 Å². The minimum atomic E-state index is -2.77. The van der Waals surface area contributed by atoms with Crippen molar-refractivity contribution in [2.24, 2.45) is 0 Å². The maximum atomic E-state index is 12.1. The monoisotopic (exact) mass is 213 g/mol. The summed E-state index contributed by atoms with van der Waals surface area (Å²) < 4.78 is 28.5. The lowest BCUT2D eigenvalue weighted by Crippen LogP contribution is -2.03. The lowest BCUT2D eigenvalue weighted by atomic mass is 9.99. The number of halogens is 2. The van der Waals surface area contributed by atoms with Crippen molar-refractivity contribution in [1.82, 2.24) is 0 Å². The molecule has 1 unspecified atom stereocenters. The van der Waals surface area contributed by atoms with Crippen LogP contribution in [0.25, 0.3) is 0 Å². The smallest absolute Gasteiger partial charge is 0.387 e. The molecule has 15 heavy (non-hydrogen) atoms. The molecular weight excluding hydrogens is 198 g/mol. The average Bonchev–Trinajstić information content (AvgIpc) is 2.16. The molecule has 0 spiro atoms. The summed E-state index contributed by atoms with van der Waals surface area (Å²) in [7, 11) is 0. The highest BCUT2D eigenvalue weighted by Crippen LogP contribution is 2.24. The van der Waals surface area contributed by atoms with Gasteiger partial charge in [0.25, 0.3) is 0 Å². The minimum Gasteiger partial charge on any atom is -0.435 e. The van der Waals surface area contributed by atoms with E-state index < -0.39 is 6.61 Å². The molecule has 0 aliphatic heterocycles. The van der Waals surface area contributed by atoms with Gasteiger partial charge in [-0.25, -0.2) is 0 Å². The van der Waals surface area contributed by atoms with Gasteiger partial charge in [0.15, 0.2) is 0 Å². The molecule has 0 bridgehead atoms. The van der Waals surface area contributed by atoms with Crippen LogP contribution in [0, 0.1) is 6.92 Å². The maximum absolute atomic E-state index is 12.1. The van der Waals surface area contributed by atoms with Crippen molar-refractivity contribution in [3.8, 4) is 5.75 Å². The fourth-order valence-electron chi connectivity index (χ4n) is 1.35. The molecular formula is C12H15F2O. The second kappa shape index (κ2) is 5.10. The van der Waals surface area contributed by atoms with Gasteiger partial charge >= 0.3 is 6.61 Å². The Morgan fingerprint density at radius 2 is 2.00 bits per heavy atom. The molecule has 1 rings (SSSR count). The van der Waals surface area contributed by atoms with Crippen molar-refractivity contribution in [3.05, 3.63) is 36.2 Å². The number of ether oxygens (including phenoxy) is 1. The van der Waals surface area contributed by atoms with E-state index in [1.807, 2.05) is 19.9 Å². The molecule has 1 aromatic carbocycles. The van der Waals surface area contributed by atoms with E-state index in [0.29, 0.717) is 0 Å². The van der Waals surface area contributed by atoms with E-state index in [-0.39, 0.29) is 11.7 Å². The van der Waals surface area contributed by atoms with E-state index in [9.17, 15) is 8.78 Å². The molecule has 0 saturated carbocycles. The lowest BCUT2D eigenvalue weighted by molar-refractivity contribution is -0.0499. The Morgan fingerprint density at radius 3 is 2.47 bits per heavy atom. The third kappa shape index (κ3) is 3.50. The first-order valence-electron chi connectivity index (χ1n) is 4.94. The van der Waals surface area contributed by atoms with Crippen LogP contribution in [0.15, 0.2) is 18.2 Å². The Balaban J connectivity index is 3.00. The third-order valence-corrected chi connectivity index (χ3v) is 2.19. The van der Waals surface area contributed by atoms with Gasteiger partial charge in [0, 0.05) is 0 Å². The quantitative estimate of drug-likeness (QED) is 0.739.